The van der Waals surface area contributed by atoms with Crippen LogP contribution >= 0.6 is 11.6 Å². The van der Waals surface area contributed by atoms with E-state index < -0.39 is 18.2 Å². The molecule has 0 aliphatic carbocycles. The molecule has 5 heterocycles. The van der Waals surface area contributed by atoms with Crippen molar-refractivity contribution < 1.29 is 13.6 Å². The molecule has 6 rings (SSSR count). The van der Waals surface area contributed by atoms with Crippen molar-refractivity contribution in [1.82, 2.24) is 39.3 Å². The smallest absolute Gasteiger partial charge is 0.283 e. The van der Waals surface area contributed by atoms with E-state index in [0.717, 1.165) is 17.5 Å². The highest BCUT2D eigenvalue weighted by Gasteiger charge is 2.24. The van der Waals surface area contributed by atoms with Crippen LogP contribution in [0.5, 0.6) is 0 Å². The van der Waals surface area contributed by atoms with Crippen molar-refractivity contribution in [2.45, 2.75) is 38.7 Å². The Morgan fingerprint density at radius 2 is 1.93 bits per heavy atom. The van der Waals surface area contributed by atoms with Crippen molar-refractivity contribution in [3.05, 3.63) is 88.1 Å². The van der Waals surface area contributed by atoms with E-state index >= 15 is 0 Å². The molecule has 43 heavy (non-hydrogen) atoms. The summed E-state index contributed by atoms with van der Waals surface area (Å²) in [6, 6.07) is 9.40. The lowest BCUT2D eigenvalue weighted by atomic mass is 9.97. The van der Waals surface area contributed by atoms with Gasteiger partial charge in [0.05, 0.1) is 53.2 Å². The number of amides is 1. The molecule has 2 bridgehead atoms. The van der Waals surface area contributed by atoms with Gasteiger partial charge in [0, 0.05) is 41.4 Å². The van der Waals surface area contributed by atoms with Crippen LogP contribution in [0.15, 0.2) is 66.1 Å². The van der Waals surface area contributed by atoms with E-state index in [4.69, 9.17) is 11.6 Å². The van der Waals surface area contributed by atoms with Crippen molar-refractivity contribution in [3.8, 4) is 28.2 Å². The van der Waals surface area contributed by atoms with Gasteiger partial charge < -0.3 is 5.32 Å². The zero-order valence-corrected chi connectivity index (χ0v) is 23.9. The molecule has 0 spiro atoms. The van der Waals surface area contributed by atoms with E-state index in [0.29, 0.717) is 46.9 Å². The van der Waals surface area contributed by atoms with E-state index in [2.05, 4.69) is 30.7 Å². The quantitative estimate of drug-likeness (QED) is 0.297. The first-order chi connectivity index (χ1) is 20.7. The molecule has 2 atom stereocenters. The van der Waals surface area contributed by atoms with Crippen molar-refractivity contribution in [1.29, 1.82) is 0 Å². The van der Waals surface area contributed by atoms with Crippen molar-refractivity contribution in [3.63, 3.8) is 0 Å². The second kappa shape index (κ2) is 11.5. The number of alkyl halides is 2. The molecule has 1 aliphatic heterocycles. The number of anilines is 1. The highest BCUT2D eigenvalue weighted by molar-refractivity contribution is 6.31. The number of aromatic nitrogens is 8. The molecule has 5 aromatic rings. The molecule has 0 saturated heterocycles. The van der Waals surface area contributed by atoms with Gasteiger partial charge in [0.1, 0.15) is 5.69 Å². The normalized spacial score (nSPS) is 17.2. The summed E-state index contributed by atoms with van der Waals surface area (Å²) >= 11 is 6.27. The van der Waals surface area contributed by atoms with E-state index in [1.807, 2.05) is 19.1 Å². The maximum atomic E-state index is 13.7. The predicted octanol–water partition coefficient (Wildman–Crippen LogP) is 5.23. The summed E-state index contributed by atoms with van der Waals surface area (Å²) in [5.74, 6) is -0.366. The largest absolute Gasteiger partial charge is 0.323 e. The van der Waals surface area contributed by atoms with Gasteiger partial charge in [0.15, 0.2) is 0 Å². The lowest BCUT2D eigenvalue weighted by Crippen LogP contribution is -2.27. The Hall–Kier alpha value is -4.78. The number of hydrogen-bond donors (Lipinski definition) is 1. The lowest BCUT2D eigenvalue weighted by Gasteiger charge is -2.22. The molecule has 220 valence electrons. The fourth-order valence-electron chi connectivity index (χ4n) is 5.28. The number of hydrogen-bond acceptors (Lipinski definition) is 7. The molecule has 0 saturated carbocycles. The van der Waals surface area contributed by atoms with Crippen LogP contribution in [-0.2, 0) is 11.8 Å². The van der Waals surface area contributed by atoms with E-state index in [9.17, 15) is 18.4 Å². The molecule has 4 aromatic heterocycles. The number of aryl methyl sites for hydroxylation is 1. The molecule has 14 heteroatoms. The third-order valence-electron chi connectivity index (χ3n) is 7.54. The summed E-state index contributed by atoms with van der Waals surface area (Å²) in [7, 11) is 1.79. The third kappa shape index (κ3) is 5.55. The number of rotatable bonds is 4. The molecule has 0 radical (unpaired) electrons. The summed E-state index contributed by atoms with van der Waals surface area (Å²) in [5.41, 5.74) is 3.03. The summed E-state index contributed by atoms with van der Waals surface area (Å²) < 4.78 is 30.8. The first kappa shape index (κ1) is 28.3. The molecule has 1 N–H and O–H groups in total. The first-order valence-electron chi connectivity index (χ1n) is 13.6. The number of fused-ring (bicyclic) bond motifs is 4. The van der Waals surface area contributed by atoms with Crippen LogP contribution in [0, 0.1) is 5.92 Å². The number of carbonyl (C=O) groups excluding carboxylic acids is 1. The van der Waals surface area contributed by atoms with Gasteiger partial charge in [-0.05, 0) is 43.2 Å². The van der Waals surface area contributed by atoms with Crippen molar-refractivity contribution in [2.75, 3.05) is 5.32 Å². The number of pyridine rings is 1. The van der Waals surface area contributed by atoms with E-state index in [-0.39, 0.29) is 23.1 Å². The second-order valence-corrected chi connectivity index (χ2v) is 10.8. The van der Waals surface area contributed by atoms with Crippen LogP contribution in [0.4, 0.5) is 14.5 Å². The van der Waals surface area contributed by atoms with Crippen LogP contribution in [0.25, 0.3) is 28.2 Å². The Morgan fingerprint density at radius 1 is 1.09 bits per heavy atom. The van der Waals surface area contributed by atoms with Gasteiger partial charge in [-0.2, -0.15) is 5.10 Å². The zero-order chi connectivity index (χ0) is 30.2. The van der Waals surface area contributed by atoms with Gasteiger partial charge in [0.2, 0.25) is 5.91 Å². The van der Waals surface area contributed by atoms with Gasteiger partial charge in [-0.25, -0.2) is 18.4 Å². The highest BCUT2D eigenvalue weighted by atomic mass is 35.5. The van der Waals surface area contributed by atoms with Crippen molar-refractivity contribution >= 4 is 23.2 Å². The van der Waals surface area contributed by atoms with Crippen LogP contribution in [-0.4, -0.2) is 45.2 Å². The fourth-order valence-corrected chi connectivity index (χ4v) is 5.45. The molecule has 0 fully saturated rings. The van der Waals surface area contributed by atoms with Gasteiger partial charge in [-0.15, -0.1) is 5.10 Å². The van der Waals surface area contributed by atoms with Crippen LogP contribution in [0.1, 0.15) is 50.0 Å². The van der Waals surface area contributed by atoms with Crippen LogP contribution in [0.2, 0.25) is 5.02 Å². The lowest BCUT2D eigenvalue weighted by molar-refractivity contribution is -0.119. The number of nitrogens with zero attached hydrogens (tertiary/aromatic N) is 8. The zero-order valence-electron chi connectivity index (χ0n) is 23.2. The fraction of sp³-hybridized carbons (Fsp3) is 0.276. The van der Waals surface area contributed by atoms with E-state index in [1.54, 1.807) is 42.3 Å². The Bertz CT molecular complexity index is 1880. The molecular weight excluding hydrogens is 580 g/mol. The Labute approximate surface area is 249 Å². The molecule has 1 aromatic carbocycles. The monoisotopic (exact) mass is 605 g/mol. The van der Waals surface area contributed by atoms with Gasteiger partial charge in [-0.1, -0.05) is 30.2 Å². The first-order valence-corrected chi connectivity index (χ1v) is 14.0. The van der Waals surface area contributed by atoms with Gasteiger partial charge >= 0.3 is 0 Å². The SMILES string of the molecule is C[C@@H]1CCC[C@H](n2cnc(-c3cc(Cl)ccc3-n3cc(C(F)F)nn3)cc2=O)c2cc(ccn2)-c2c(cnn2C)NC1=O. The van der Waals surface area contributed by atoms with Crippen LogP contribution in [0.3, 0.4) is 0 Å². The standard InChI is InChI=1S/C29H26ClF2N9O2/c1-16-4-3-5-25(21-10-17(8-9-33-21)27-22(36-29(16)43)13-35-39(27)2)40-15-34-20(12-26(40)42)19-11-18(30)6-7-24(19)41-14-23(28(31)32)37-38-41/h6-16,25,28H,3-5H2,1-2H3,(H,36,43)/t16-,25+/m1/s1. The Morgan fingerprint density at radius 3 is 2.70 bits per heavy atom. The minimum Gasteiger partial charge on any atom is -0.323 e. The summed E-state index contributed by atoms with van der Waals surface area (Å²) in [5, 5.41) is 15.0. The Kier molecular flexibility index (Phi) is 7.57. The van der Waals surface area contributed by atoms with Crippen LogP contribution < -0.4 is 10.9 Å². The highest BCUT2D eigenvalue weighted by Crippen LogP contribution is 2.33. The molecule has 0 unspecified atom stereocenters. The van der Waals surface area contributed by atoms with Gasteiger partial charge in [-0.3, -0.25) is 23.8 Å². The summed E-state index contributed by atoms with van der Waals surface area (Å²) in [6.45, 7) is 1.87. The minimum atomic E-state index is -2.79. The topological polar surface area (TPSA) is 125 Å². The van der Waals surface area contributed by atoms with Gasteiger partial charge in [0.25, 0.3) is 12.0 Å². The molecule has 11 nitrogen and oxygen atoms in total. The predicted molar refractivity (Wildman–Crippen MR) is 155 cm³/mol. The Balaban J connectivity index is 1.42. The minimum absolute atomic E-state index is 0.103. The average Bonchev–Trinajstić information content (AvgIpc) is 3.62. The molecule has 1 amide bonds. The molecule has 1 aliphatic rings. The number of benzene rings is 1. The molecular formula is C29H26ClF2N9O2. The number of carbonyl (C=O) groups is 1. The number of nitrogens with one attached hydrogen (secondary N) is 1. The third-order valence-corrected chi connectivity index (χ3v) is 7.78. The summed E-state index contributed by atoms with van der Waals surface area (Å²) in [6.07, 6.45) is 4.85. The number of halogens is 3. The maximum absolute atomic E-state index is 13.7. The maximum Gasteiger partial charge on any atom is 0.283 e. The second-order valence-electron chi connectivity index (χ2n) is 10.4. The average molecular weight is 606 g/mol. The van der Waals surface area contributed by atoms with Crippen molar-refractivity contribution in [2.24, 2.45) is 13.0 Å². The van der Waals surface area contributed by atoms with E-state index in [1.165, 1.54) is 21.6 Å². The summed E-state index contributed by atoms with van der Waals surface area (Å²) in [4.78, 5) is 35.8.